The lowest BCUT2D eigenvalue weighted by Crippen LogP contribution is -2.34. The highest BCUT2D eigenvalue weighted by molar-refractivity contribution is 9.10. The van der Waals surface area contributed by atoms with Crippen LogP contribution >= 0.6 is 55.1 Å². The summed E-state index contributed by atoms with van der Waals surface area (Å²) in [7, 11) is 0. The Labute approximate surface area is 306 Å². The number of unbranched alkanes of at least 4 members (excludes halogenated alkanes) is 3. The normalized spacial score (nSPS) is 16.3. The third-order valence-electron chi connectivity index (χ3n) is 7.92. The minimum atomic E-state index is -0.127. The Hall–Kier alpha value is -3.82. The van der Waals surface area contributed by atoms with E-state index in [1.165, 1.54) is 0 Å². The summed E-state index contributed by atoms with van der Waals surface area (Å²) in [6, 6.07) is 30.3. The lowest BCUT2D eigenvalue weighted by molar-refractivity contribution is -0.123. The van der Waals surface area contributed by atoms with E-state index >= 15 is 0 Å². The van der Waals surface area contributed by atoms with E-state index in [2.05, 4.69) is 31.9 Å². The van der Waals surface area contributed by atoms with E-state index in [9.17, 15) is 9.59 Å². The first kappa shape index (κ1) is 34.1. The quantitative estimate of drug-likeness (QED) is 0.112. The van der Waals surface area contributed by atoms with Crippen molar-refractivity contribution < 1.29 is 9.59 Å². The predicted molar refractivity (Wildman–Crippen MR) is 202 cm³/mol. The van der Waals surface area contributed by atoms with Gasteiger partial charge in [0.25, 0.3) is 11.8 Å². The van der Waals surface area contributed by atoms with Crippen LogP contribution in [0.4, 0.5) is 0 Å². The van der Waals surface area contributed by atoms with Crippen LogP contribution in [0.15, 0.2) is 127 Å². The molecule has 0 aliphatic carbocycles. The molecule has 6 nitrogen and oxygen atoms in total. The van der Waals surface area contributed by atoms with Crippen LogP contribution in [0.25, 0.3) is 12.2 Å². The number of halogens is 4. The molecule has 0 fully saturated rings. The Bertz CT molecular complexity index is 1830. The monoisotopic (exact) mass is 802 g/mol. The highest BCUT2D eigenvalue weighted by Gasteiger charge is 2.32. The fourth-order valence-corrected chi connectivity index (χ4v) is 6.59. The van der Waals surface area contributed by atoms with E-state index in [-0.39, 0.29) is 11.8 Å². The molecule has 0 saturated heterocycles. The van der Waals surface area contributed by atoms with E-state index in [0.717, 1.165) is 56.9 Å². The summed E-state index contributed by atoms with van der Waals surface area (Å²) in [6.07, 6.45) is 6.92. The lowest BCUT2D eigenvalue weighted by Gasteiger charge is -2.20. The predicted octanol–water partition coefficient (Wildman–Crippen LogP) is 10.0. The Kier molecular flexibility index (Phi) is 11.1. The molecule has 2 amide bonds. The molecule has 0 atom stereocenters. The summed E-state index contributed by atoms with van der Waals surface area (Å²) in [5, 5.41) is 1.27. The standard InChI is InChI=1S/C38H30Br2Cl2N4O2/c39-29-9-5-7-27(23-29)35-43-33(21-25-11-15-31(41)16-12-25)37(47)45(35)19-3-1-2-4-20-46-36(28-8-6-10-30(40)24-28)44-34(38(46)48)22-26-13-17-32(42)18-14-26/h5-18,21-24H,1-4,19-20H2/b33-21-,34-22+. The van der Waals surface area contributed by atoms with Gasteiger partial charge in [0.15, 0.2) is 0 Å². The largest absolute Gasteiger partial charge is 0.291 e. The van der Waals surface area contributed by atoms with Crippen LogP contribution in [-0.4, -0.2) is 46.4 Å². The number of hydrogen-bond acceptors (Lipinski definition) is 4. The summed E-state index contributed by atoms with van der Waals surface area (Å²) in [5.74, 6) is 1.02. The Morgan fingerprint density at radius 2 is 0.958 bits per heavy atom. The van der Waals surface area contributed by atoms with Crippen LogP contribution in [0.5, 0.6) is 0 Å². The van der Waals surface area contributed by atoms with Crippen molar-refractivity contribution in [3.05, 3.63) is 150 Å². The highest BCUT2D eigenvalue weighted by Crippen LogP contribution is 2.27. The van der Waals surface area contributed by atoms with Crippen molar-refractivity contribution in [2.24, 2.45) is 9.98 Å². The maximum Gasteiger partial charge on any atom is 0.278 e. The van der Waals surface area contributed by atoms with Crippen LogP contribution < -0.4 is 0 Å². The topological polar surface area (TPSA) is 65.3 Å². The van der Waals surface area contributed by atoms with Crippen molar-refractivity contribution in [1.29, 1.82) is 0 Å². The van der Waals surface area contributed by atoms with Crippen LogP contribution in [0.2, 0.25) is 10.0 Å². The molecule has 4 aromatic rings. The number of carbonyl (C=O) groups is 2. The molecule has 0 unspecified atom stereocenters. The molecule has 10 heteroatoms. The minimum absolute atomic E-state index is 0.127. The average molecular weight is 805 g/mol. The van der Waals surface area contributed by atoms with Gasteiger partial charge < -0.3 is 0 Å². The van der Waals surface area contributed by atoms with Crippen molar-refractivity contribution in [2.45, 2.75) is 25.7 Å². The van der Waals surface area contributed by atoms with E-state index in [4.69, 9.17) is 33.2 Å². The molecule has 0 aromatic heterocycles. The number of hydrogen-bond donors (Lipinski definition) is 0. The van der Waals surface area contributed by atoms with Crippen LogP contribution in [0.1, 0.15) is 47.9 Å². The molecule has 242 valence electrons. The van der Waals surface area contributed by atoms with E-state index in [1.807, 2.05) is 72.8 Å². The number of amides is 2. The first-order chi connectivity index (χ1) is 23.2. The average Bonchev–Trinajstić information content (AvgIpc) is 3.55. The lowest BCUT2D eigenvalue weighted by atomic mass is 10.1. The molecule has 0 N–H and O–H groups in total. The van der Waals surface area contributed by atoms with Gasteiger partial charge in [0, 0.05) is 43.2 Å². The van der Waals surface area contributed by atoms with E-state index in [0.29, 0.717) is 46.2 Å². The zero-order valence-corrected chi connectivity index (χ0v) is 30.4. The number of nitrogens with zero attached hydrogens (tertiary/aromatic N) is 4. The summed E-state index contributed by atoms with van der Waals surface area (Å²) in [5.41, 5.74) is 4.23. The van der Waals surface area contributed by atoms with Crippen LogP contribution in [0.3, 0.4) is 0 Å². The van der Waals surface area contributed by atoms with Gasteiger partial charge in [-0.15, -0.1) is 0 Å². The molecule has 0 spiro atoms. The second-order valence-electron chi connectivity index (χ2n) is 11.4. The molecular formula is C38H30Br2Cl2N4O2. The molecule has 0 bridgehead atoms. The number of aliphatic imine (C=N–C) groups is 2. The highest BCUT2D eigenvalue weighted by atomic mass is 79.9. The van der Waals surface area contributed by atoms with Gasteiger partial charge in [-0.05, 0) is 84.7 Å². The molecule has 0 saturated carbocycles. The molecule has 2 aliphatic heterocycles. The van der Waals surface area contributed by atoms with Crippen LogP contribution in [-0.2, 0) is 9.59 Å². The zero-order valence-electron chi connectivity index (χ0n) is 25.8. The van der Waals surface area contributed by atoms with Crippen molar-refractivity contribution in [3.63, 3.8) is 0 Å². The maximum atomic E-state index is 13.6. The third-order valence-corrected chi connectivity index (χ3v) is 9.41. The summed E-state index contributed by atoms with van der Waals surface area (Å²) < 4.78 is 1.83. The summed E-state index contributed by atoms with van der Waals surface area (Å²) in [6.45, 7) is 1.06. The zero-order chi connectivity index (χ0) is 33.6. The molecule has 4 aromatic carbocycles. The molecule has 2 aliphatic rings. The van der Waals surface area contributed by atoms with Gasteiger partial charge in [0.2, 0.25) is 0 Å². The first-order valence-corrected chi connectivity index (χ1v) is 17.9. The molecular weight excluding hydrogens is 775 g/mol. The number of carbonyl (C=O) groups excluding carboxylic acids is 2. The fourth-order valence-electron chi connectivity index (χ4n) is 5.54. The van der Waals surface area contributed by atoms with E-state index in [1.54, 1.807) is 46.2 Å². The first-order valence-electron chi connectivity index (χ1n) is 15.5. The van der Waals surface area contributed by atoms with E-state index < -0.39 is 0 Å². The number of benzene rings is 4. The fraction of sp³-hybridized carbons (Fsp3) is 0.158. The minimum Gasteiger partial charge on any atom is -0.291 e. The second kappa shape index (κ2) is 15.6. The Balaban J connectivity index is 1.11. The van der Waals surface area contributed by atoms with Gasteiger partial charge in [-0.25, -0.2) is 9.98 Å². The van der Waals surface area contributed by atoms with Gasteiger partial charge in [-0.2, -0.15) is 0 Å². The van der Waals surface area contributed by atoms with Gasteiger partial charge in [0.05, 0.1) is 0 Å². The molecule has 48 heavy (non-hydrogen) atoms. The van der Waals surface area contributed by atoms with Crippen molar-refractivity contribution in [1.82, 2.24) is 9.80 Å². The Morgan fingerprint density at radius 1 is 0.562 bits per heavy atom. The van der Waals surface area contributed by atoms with Crippen molar-refractivity contribution in [3.8, 4) is 0 Å². The number of amidine groups is 2. The summed E-state index contributed by atoms with van der Waals surface area (Å²) in [4.78, 5) is 40.2. The third kappa shape index (κ3) is 8.24. The Morgan fingerprint density at radius 3 is 1.33 bits per heavy atom. The SMILES string of the molecule is O=C1/C(=C/c2ccc(Cl)cc2)N=C(c2cccc(Br)c2)N1CCCCCCN1C(=O)/C(=C\c2ccc(Cl)cc2)N=C1c1cccc(Br)c1. The smallest absolute Gasteiger partial charge is 0.278 e. The summed E-state index contributed by atoms with van der Waals surface area (Å²) >= 11 is 19.2. The maximum absolute atomic E-state index is 13.6. The van der Waals surface area contributed by atoms with Gasteiger partial charge in [-0.1, -0.05) is 116 Å². The number of rotatable bonds is 11. The molecule has 6 rings (SSSR count). The van der Waals surface area contributed by atoms with Gasteiger partial charge >= 0.3 is 0 Å². The van der Waals surface area contributed by atoms with Gasteiger partial charge in [0.1, 0.15) is 23.1 Å². The van der Waals surface area contributed by atoms with Crippen molar-refractivity contribution in [2.75, 3.05) is 13.1 Å². The van der Waals surface area contributed by atoms with Crippen molar-refractivity contribution >= 4 is 90.7 Å². The van der Waals surface area contributed by atoms with Gasteiger partial charge in [-0.3, -0.25) is 19.4 Å². The second-order valence-corrected chi connectivity index (χ2v) is 14.1. The van der Waals surface area contributed by atoms with Crippen LogP contribution in [0, 0.1) is 0 Å². The molecule has 2 heterocycles. The molecule has 0 radical (unpaired) electrons.